The first-order chi connectivity index (χ1) is 5.86. The van der Waals surface area contributed by atoms with E-state index in [-0.39, 0.29) is 0 Å². The highest BCUT2D eigenvalue weighted by molar-refractivity contribution is 5.76. The maximum atomic E-state index is 11.4. The molecule has 1 atom stereocenters. The van der Waals surface area contributed by atoms with Gasteiger partial charge in [0.2, 0.25) is 5.91 Å². The summed E-state index contributed by atoms with van der Waals surface area (Å²) in [5, 5.41) is 0. The molecule has 12 heavy (non-hydrogen) atoms. The Morgan fingerprint density at radius 2 is 2.25 bits per heavy atom. The quantitative estimate of drug-likeness (QED) is 0.572. The van der Waals surface area contributed by atoms with Crippen molar-refractivity contribution in [3.05, 3.63) is 0 Å². The molecule has 2 rings (SSSR count). The molecule has 2 aliphatic heterocycles. The lowest BCUT2D eigenvalue weighted by Gasteiger charge is -2.18. The number of amides is 1. The number of nitrogens with zero attached hydrogens (tertiary/aromatic N) is 1. The van der Waals surface area contributed by atoms with Crippen LogP contribution in [-0.4, -0.2) is 36.6 Å². The fraction of sp³-hybridized carbons (Fsp3) is 0.889. The first kappa shape index (κ1) is 8.05. The van der Waals surface area contributed by atoms with Gasteiger partial charge in [-0.2, -0.15) is 0 Å². The first-order valence-corrected chi connectivity index (χ1v) is 4.75. The highest BCUT2D eigenvalue weighted by Gasteiger charge is 2.28. The Morgan fingerprint density at radius 3 is 3.00 bits per heavy atom. The number of rotatable bonds is 2. The van der Waals surface area contributed by atoms with Crippen molar-refractivity contribution in [1.82, 2.24) is 4.90 Å². The molecule has 0 aromatic rings. The van der Waals surface area contributed by atoms with Crippen LogP contribution in [0, 0.1) is 0 Å². The van der Waals surface area contributed by atoms with E-state index in [1.165, 1.54) is 12.8 Å². The molecule has 0 aliphatic carbocycles. The van der Waals surface area contributed by atoms with Crippen LogP contribution in [-0.2, 0) is 9.53 Å². The summed E-state index contributed by atoms with van der Waals surface area (Å²) in [6, 6.07) is 0. The number of likely N-dealkylation sites (tertiary alicyclic amines) is 1. The monoisotopic (exact) mass is 169 g/mol. The number of hydrogen-bond donors (Lipinski definition) is 0. The zero-order chi connectivity index (χ0) is 8.39. The summed E-state index contributed by atoms with van der Waals surface area (Å²) in [5.41, 5.74) is 0. The molecule has 0 saturated carbocycles. The van der Waals surface area contributed by atoms with Gasteiger partial charge in [0, 0.05) is 19.5 Å². The summed E-state index contributed by atoms with van der Waals surface area (Å²) >= 11 is 0. The predicted octanol–water partition coefficient (Wildman–Crippen LogP) is 0.788. The lowest BCUT2D eigenvalue weighted by atomic mass is 10.2. The van der Waals surface area contributed by atoms with E-state index in [4.69, 9.17) is 4.74 Å². The molecule has 0 bridgehead atoms. The summed E-state index contributed by atoms with van der Waals surface area (Å²) in [4.78, 5) is 13.4. The zero-order valence-electron chi connectivity index (χ0n) is 7.29. The average Bonchev–Trinajstić information content (AvgIpc) is 2.84. The maximum absolute atomic E-state index is 11.4. The second kappa shape index (κ2) is 3.44. The van der Waals surface area contributed by atoms with E-state index in [1.807, 2.05) is 4.90 Å². The Labute approximate surface area is 72.7 Å². The summed E-state index contributed by atoms with van der Waals surface area (Å²) in [5.74, 6) is 0.322. The number of ether oxygens (including phenoxy) is 1. The molecule has 1 unspecified atom stereocenters. The number of hydrogen-bond acceptors (Lipinski definition) is 2. The van der Waals surface area contributed by atoms with Gasteiger partial charge in [0.05, 0.1) is 12.7 Å². The smallest absolute Gasteiger partial charge is 0.222 e. The molecule has 2 heterocycles. The maximum Gasteiger partial charge on any atom is 0.222 e. The van der Waals surface area contributed by atoms with Gasteiger partial charge in [0.15, 0.2) is 0 Å². The second-order valence-corrected chi connectivity index (χ2v) is 3.61. The summed E-state index contributed by atoms with van der Waals surface area (Å²) in [6.45, 7) is 2.63. The Balaban J connectivity index is 1.85. The van der Waals surface area contributed by atoms with Crippen molar-refractivity contribution in [2.75, 3.05) is 19.7 Å². The Morgan fingerprint density at radius 1 is 1.42 bits per heavy atom. The third-order valence-electron chi connectivity index (χ3n) is 2.50. The molecule has 68 valence electrons. The SMILES string of the molecule is O=C1CCCCCN1CC1CO1. The predicted molar refractivity (Wildman–Crippen MR) is 44.8 cm³/mol. The van der Waals surface area contributed by atoms with Crippen LogP contribution in [0.3, 0.4) is 0 Å². The van der Waals surface area contributed by atoms with Crippen LogP contribution >= 0.6 is 0 Å². The molecule has 2 saturated heterocycles. The van der Waals surface area contributed by atoms with Gasteiger partial charge in [-0.05, 0) is 12.8 Å². The van der Waals surface area contributed by atoms with Crippen molar-refractivity contribution in [2.24, 2.45) is 0 Å². The van der Waals surface area contributed by atoms with Crippen LogP contribution in [0.2, 0.25) is 0 Å². The highest BCUT2D eigenvalue weighted by atomic mass is 16.6. The van der Waals surface area contributed by atoms with Gasteiger partial charge in [0.1, 0.15) is 0 Å². The topological polar surface area (TPSA) is 32.8 Å². The number of carbonyl (C=O) groups excluding carboxylic acids is 1. The lowest BCUT2D eigenvalue weighted by molar-refractivity contribution is -0.130. The molecule has 0 spiro atoms. The molecular weight excluding hydrogens is 154 g/mol. The Kier molecular flexibility index (Phi) is 2.30. The van der Waals surface area contributed by atoms with Gasteiger partial charge in [0.25, 0.3) is 0 Å². The van der Waals surface area contributed by atoms with E-state index in [0.29, 0.717) is 12.0 Å². The molecule has 0 N–H and O–H groups in total. The minimum atomic E-state index is 0.322. The molecule has 3 nitrogen and oxygen atoms in total. The van der Waals surface area contributed by atoms with Crippen molar-refractivity contribution in [3.8, 4) is 0 Å². The number of epoxide rings is 1. The van der Waals surface area contributed by atoms with Crippen molar-refractivity contribution >= 4 is 5.91 Å². The van der Waals surface area contributed by atoms with Crippen LogP contribution in [0.15, 0.2) is 0 Å². The van der Waals surface area contributed by atoms with Crippen molar-refractivity contribution in [1.29, 1.82) is 0 Å². The minimum Gasteiger partial charge on any atom is -0.371 e. The Bertz CT molecular complexity index is 177. The van der Waals surface area contributed by atoms with Gasteiger partial charge < -0.3 is 9.64 Å². The Hall–Kier alpha value is -0.570. The van der Waals surface area contributed by atoms with Crippen LogP contribution in [0.1, 0.15) is 25.7 Å². The molecule has 0 aromatic heterocycles. The van der Waals surface area contributed by atoms with Crippen LogP contribution < -0.4 is 0 Å². The fourth-order valence-electron chi connectivity index (χ4n) is 1.65. The van der Waals surface area contributed by atoms with Gasteiger partial charge in [-0.15, -0.1) is 0 Å². The van der Waals surface area contributed by atoms with E-state index in [1.54, 1.807) is 0 Å². The summed E-state index contributed by atoms with van der Waals surface area (Å²) < 4.78 is 5.11. The third-order valence-corrected chi connectivity index (χ3v) is 2.50. The van der Waals surface area contributed by atoms with Gasteiger partial charge >= 0.3 is 0 Å². The lowest BCUT2D eigenvalue weighted by Crippen LogP contribution is -2.33. The molecule has 2 fully saturated rings. The zero-order valence-corrected chi connectivity index (χ0v) is 7.29. The first-order valence-electron chi connectivity index (χ1n) is 4.75. The molecule has 3 heteroatoms. The normalized spacial score (nSPS) is 30.2. The van der Waals surface area contributed by atoms with Gasteiger partial charge in [-0.25, -0.2) is 0 Å². The molecular formula is C9H15NO2. The van der Waals surface area contributed by atoms with E-state index in [0.717, 1.165) is 32.5 Å². The largest absolute Gasteiger partial charge is 0.371 e. The van der Waals surface area contributed by atoms with E-state index >= 15 is 0 Å². The third kappa shape index (κ3) is 1.97. The van der Waals surface area contributed by atoms with Crippen molar-refractivity contribution in [2.45, 2.75) is 31.8 Å². The van der Waals surface area contributed by atoms with Crippen molar-refractivity contribution in [3.63, 3.8) is 0 Å². The fourth-order valence-corrected chi connectivity index (χ4v) is 1.65. The molecule has 2 aliphatic rings. The molecule has 1 amide bonds. The number of carbonyl (C=O) groups is 1. The highest BCUT2D eigenvalue weighted by Crippen LogP contribution is 2.16. The standard InChI is InChI=1S/C9H15NO2/c11-9-4-2-1-3-5-10(9)6-8-7-12-8/h8H,1-7H2. The van der Waals surface area contributed by atoms with Crippen LogP contribution in [0.25, 0.3) is 0 Å². The van der Waals surface area contributed by atoms with Crippen molar-refractivity contribution < 1.29 is 9.53 Å². The summed E-state index contributed by atoms with van der Waals surface area (Å²) in [6.07, 6.45) is 4.53. The van der Waals surface area contributed by atoms with Crippen LogP contribution in [0.5, 0.6) is 0 Å². The van der Waals surface area contributed by atoms with E-state index < -0.39 is 0 Å². The molecule has 0 radical (unpaired) electrons. The van der Waals surface area contributed by atoms with Crippen LogP contribution in [0.4, 0.5) is 0 Å². The average molecular weight is 169 g/mol. The van der Waals surface area contributed by atoms with Gasteiger partial charge in [-0.1, -0.05) is 6.42 Å². The second-order valence-electron chi connectivity index (χ2n) is 3.61. The van der Waals surface area contributed by atoms with E-state index in [9.17, 15) is 4.79 Å². The minimum absolute atomic E-state index is 0.322. The molecule has 0 aromatic carbocycles. The van der Waals surface area contributed by atoms with Gasteiger partial charge in [-0.3, -0.25) is 4.79 Å². The summed E-state index contributed by atoms with van der Waals surface area (Å²) in [7, 11) is 0. The van der Waals surface area contributed by atoms with E-state index in [2.05, 4.69) is 0 Å².